The summed E-state index contributed by atoms with van der Waals surface area (Å²) in [5.41, 5.74) is 2.07. The summed E-state index contributed by atoms with van der Waals surface area (Å²) < 4.78 is 41.7. The maximum Gasteiger partial charge on any atom is 0.269 e. The summed E-state index contributed by atoms with van der Waals surface area (Å²) in [6.07, 6.45) is 4.33. The van der Waals surface area contributed by atoms with Crippen molar-refractivity contribution in [3.8, 4) is 11.3 Å². The second-order valence-corrected chi connectivity index (χ2v) is 7.44. The van der Waals surface area contributed by atoms with Crippen LogP contribution in [0.15, 0.2) is 59.9 Å². The summed E-state index contributed by atoms with van der Waals surface area (Å²) in [5.74, 6) is -0.470. The fourth-order valence-electron chi connectivity index (χ4n) is 2.77. The van der Waals surface area contributed by atoms with Crippen LogP contribution in [-0.4, -0.2) is 24.4 Å². The number of pyridine rings is 1. The number of nitrogens with zero attached hydrogens (tertiary/aromatic N) is 2. The summed E-state index contributed by atoms with van der Waals surface area (Å²) in [5, 5.41) is 3.01. The molecular weight excluding hydrogens is 341 g/mol. The average Bonchev–Trinajstić information content (AvgIpc) is 2.94. The predicted molar refractivity (Wildman–Crippen MR) is 94.1 cm³/mol. The van der Waals surface area contributed by atoms with Crippen molar-refractivity contribution in [2.24, 2.45) is 0 Å². The van der Waals surface area contributed by atoms with Crippen LogP contribution in [0.1, 0.15) is 11.1 Å². The summed E-state index contributed by atoms with van der Waals surface area (Å²) in [7, 11) is -2.12. The van der Waals surface area contributed by atoms with E-state index in [2.05, 4.69) is 10.3 Å². The van der Waals surface area contributed by atoms with E-state index in [4.69, 9.17) is 0 Å². The zero-order chi connectivity index (χ0) is 18.0. The van der Waals surface area contributed by atoms with Gasteiger partial charge in [0.1, 0.15) is 10.7 Å². The number of aromatic nitrogens is 2. The van der Waals surface area contributed by atoms with E-state index in [1.165, 1.54) is 30.7 Å². The monoisotopic (exact) mass is 359 g/mol. The zero-order valence-electron chi connectivity index (χ0n) is 13.9. The third-order valence-corrected chi connectivity index (χ3v) is 5.66. The Morgan fingerprint density at radius 2 is 1.96 bits per heavy atom. The second-order valence-electron chi connectivity index (χ2n) is 5.63. The van der Waals surface area contributed by atoms with E-state index in [9.17, 15) is 12.8 Å². The summed E-state index contributed by atoms with van der Waals surface area (Å²) >= 11 is 0. The highest BCUT2D eigenvalue weighted by Gasteiger charge is 2.25. The van der Waals surface area contributed by atoms with E-state index in [1.54, 1.807) is 38.2 Å². The first kappa shape index (κ1) is 17.3. The van der Waals surface area contributed by atoms with Gasteiger partial charge in [-0.05, 0) is 49.4 Å². The molecule has 0 fully saturated rings. The third-order valence-electron chi connectivity index (χ3n) is 4.02. The Kier molecular flexibility index (Phi) is 4.69. The van der Waals surface area contributed by atoms with E-state index < -0.39 is 15.8 Å². The number of hydrogen-bond acceptors (Lipinski definition) is 4. The number of benzene rings is 1. The summed E-state index contributed by atoms with van der Waals surface area (Å²) in [6, 6.07) is 9.19. The van der Waals surface area contributed by atoms with Gasteiger partial charge in [-0.15, -0.1) is 0 Å². The molecule has 5 nitrogen and oxygen atoms in total. The Morgan fingerprint density at radius 3 is 2.60 bits per heavy atom. The van der Waals surface area contributed by atoms with Gasteiger partial charge in [0.05, 0.1) is 5.69 Å². The Morgan fingerprint density at radius 1 is 1.20 bits per heavy atom. The molecule has 2 aromatic heterocycles. The lowest BCUT2D eigenvalue weighted by Crippen LogP contribution is -2.14. The van der Waals surface area contributed by atoms with Crippen molar-refractivity contribution in [3.63, 3.8) is 0 Å². The molecule has 3 aromatic rings. The van der Waals surface area contributed by atoms with Crippen molar-refractivity contribution in [1.29, 1.82) is 0 Å². The highest BCUT2D eigenvalue weighted by Crippen LogP contribution is 2.32. The SMILES string of the molecule is CNCc1cn(S(=O)(=O)c2cccnc2)c(-c2ccccc2F)c1C. The number of rotatable bonds is 5. The van der Waals surface area contributed by atoms with E-state index >= 15 is 0 Å². The molecule has 0 aliphatic rings. The third kappa shape index (κ3) is 3.08. The van der Waals surface area contributed by atoms with E-state index in [0.29, 0.717) is 17.8 Å². The van der Waals surface area contributed by atoms with Crippen molar-refractivity contribution in [1.82, 2.24) is 14.3 Å². The normalized spacial score (nSPS) is 11.6. The minimum atomic E-state index is -3.89. The van der Waals surface area contributed by atoms with Crippen LogP contribution in [0, 0.1) is 12.7 Å². The lowest BCUT2D eigenvalue weighted by atomic mass is 10.1. The minimum Gasteiger partial charge on any atom is -0.316 e. The van der Waals surface area contributed by atoms with E-state index in [0.717, 1.165) is 9.54 Å². The fourth-order valence-corrected chi connectivity index (χ4v) is 4.18. The van der Waals surface area contributed by atoms with Crippen LogP contribution in [0.25, 0.3) is 11.3 Å². The van der Waals surface area contributed by atoms with Gasteiger partial charge < -0.3 is 5.32 Å². The molecule has 0 saturated carbocycles. The smallest absolute Gasteiger partial charge is 0.269 e. The lowest BCUT2D eigenvalue weighted by Gasteiger charge is -2.12. The maximum absolute atomic E-state index is 14.4. The van der Waals surface area contributed by atoms with E-state index in [-0.39, 0.29) is 10.5 Å². The van der Waals surface area contributed by atoms with Crippen LogP contribution in [0.4, 0.5) is 4.39 Å². The molecule has 0 radical (unpaired) electrons. The molecule has 130 valence electrons. The molecule has 0 aliphatic heterocycles. The zero-order valence-corrected chi connectivity index (χ0v) is 14.7. The van der Waals surface area contributed by atoms with Gasteiger partial charge in [0.25, 0.3) is 10.0 Å². The summed E-state index contributed by atoms with van der Waals surface area (Å²) in [4.78, 5) is 3.94. The Labute approximate surface area is 146 Å². The van der Waals surface area contributed by atoms with Crippen LogP contribution in [-0.2, 0) is 16.6 Å². The van der Waals surface area contributed by atoms with Gasteiger partial charge in [0.15, 0.2) is 0 Å². The first-order valence-electron chi connectivity index (χ1n) is 7.72. The molecule has 0 unspecified atom stereocenters. The molecule has 0 saturated heterocycles. The van der Waals surface area contributed by atoms with E-state index in [1.807, 2.05) is 0 Å². The molecule has 25 heavy (non-hydrogen) atoms. The number of hydrogen-bond donors (Lipinski definition) is 1. The predicted octanol–water partition coefficient (Wildman–Crippen LogP) is 2.95. The molecule has 1 N–H and O–H groups in total. The standard InChI is InChI=1S/C18H18FN3O2S/c1-13-14(10-20-2)12-22(18(13)16-7-3-4-8-17(16)19)25(23,24)15-6-5-9-21-11-15/h3-9,11-12,20H,10H2,1-2H3. The molecule has 1 aromatic carbocycles. The highest BCUT2D eigenvalue weighted by atomic mass is 32.2. The van der Waals surface area contributed by atoms with Gasteiger partial charge >= 0.3 is 0 Å². The quantitative estimate of drug-likeness (QED) is 0.761. The largest absolute Gasteiger partial charge is 0.316 e. The van der Waals surface area contributed by atoms with Crippen LogP contribution in [0.5, 0.6) is 0 Å². The van der Waals surface area contributed by atoms with Crippen molar-refractivity contribution in [3.05, 3.63) is 71.9 Å². The first-order chi connectivity index (χ1) is 12.0. The van der Waals surface area contributed by atoms with Gasteiger partial charge in [-0.2, -0.15) is 0 Å². The van der Waals surface area contributed by atoms with Crippen molar-refractivity contribution >= 4 is 10.0 Å². The van der Waals surface area contributed by atoms with Crippen LogP contribution >= 0.6 is 0 Å². The van der Waals surface area contributed by atoms with Crippen LogP contribution in [0.3, 0.4) is 0 Å². The van der Waals surface area contributed by atoms with Gasteiger partial charge in [-0.3, -0.25) is 4.98 Å². The minimum absolute atomic E-state index is 0.0543. The summed E-state index contributed by atoms with van der Waals surface area (Å²) in [6.45, 7) is 2.27. The molecule has 0 spiro atoms. The van der Waals surface area contributed by atoms with Gasteiger partial charge in [0, 0.05) is 30.7 Å². The fraction of sp³-hybridized carbons (Fsp3) is 0.167. The van der Waals surface area contributed by atoms with Crippen molar-refractivity contribution in [2.45, 2.75) is 18.4 Å². The molecular formula is C18H18FN3O2S. The van der Waals surface area contributed by atoms with Gasteiger partial charge in [0.2, 0.25) is 0 Å². The Balaban J connectivity index is 2.30. The maximum atomic E-state index is 14.4. The highest BCUT2D eigenvalue weighted by molar-refractivity contribution is 7.90. The molecule has 7 heteroatoms. The van der Waals surface area contributed by atoms with Gasteiger partial charge in [-0.25, -0.2) is 16.8 Å². The molecule has 0 bridgehead atoms. The molecule has 0 atom stereocenters. The molecule has 2 heterocycles. The Hall–Kier alpha value is -2.51. The lowest BCUT2D eigenvalue weighted by molar-refractivity contribution is 0.587. The van der Waals surface area contributed by atoms with Gasteiger partial charge in [-0.1, -0.05) is 12.1 Å². The first-order valence-corrected chi connectivity index (χ1v) is 9.16. The van der Waals surface area contributed by atoms with Crippen LogP contribution in [0.2, 0.25) is 0 Å². The Bertz CT molecular complexity index is 998. The number of halogens is 1. The molecule has 0 aliphatic carbocycles. The molecule has 3 rings (SSSR count). The van der Waals surface area contributed by atoms with Crippen molar-refractivity contribution < 1.29 is 12.8 Å². The van der Waals surface area contributed by atoms with Crippen molar-refractivity contribution in [2.75, 3.05) is 7.05 Å². The second kappa shape index (κ2) is 6.78. The van der Waals surface area contributed by atoms with Crippen LogP contribution < -0.4 is 5.32 Å². The topological polar surface area (TPSA) is 64.0 Å². The molecule has 0 amide bonds. The number of nitrogens with one attached hydrogen (secondary N) is 1. The average molecular weight is 359 g/mol.